The van der Waals surface area contributed by atoms with Crippen LogP contribution in [0, 0.1) is 0 Å². The molecule has 0 saturated heterocycles. The van der Waals surface area contributed by atoms with E-state index in [0.717, 1.165) is 56.4 Å². The van der Waals surface area contributed by atoms with Gasteiger partial charge in [0.25, 0.3) is 0 Å². The lowest BCUT2D eigenvalue weighted by molar-refractivity contribution is 0.476. The summed E-state index contributed by atoms with van der Waals surface area (Å²) >= 11 is 0. The Morgan fingerprint density at radius 3 is 1.26 bits per heavy atom. The van der Waals surface area contributed by atoms with E-state index in [-0.39, 0.29) is 0 Å². The van der Waals surface area contributed by atoms with Crippen molar-refractivity contribution in [3.63, 3.8) is 0 Å². The molecule has 5 nitrogen and oxygen atoms in total. The predicted molar refractivity (Wildman–Crippen MR) is 269 cm³/mol. The van der Waals surface area contributed by atoms with Crippen LogP contribution in [0.15, 0.2) is 218 Å². The second-order valence-electron chi connectivity index (χ2n) is 17.3. The van der Waals surface area contributed by atoms with E-state index in [4.69, 9.17) is 4.74 Å². The molecule has 0 unspecified atom stereocenters. The van der Waals surface area contributed by atoms with Crippen molar-refractivity contribution in [2.75, 3.05) is 0 Å². The molecule has 0 bridgehead atoms. The van der Waals surface area contributed by atoms with Gasteiger partial charge in [-0.3, -0.25) is 0 Å². The standard InChI is InChI=1S/C60H36N4O/c1-5-17-50-42(12-1)43-13-2-6-18-51(43)62(50)40-29-32-54-48(35-40)49-36-41(63-52-19-7-3-14-44(52)45-15-4-8-20-53(45)63)30-33-55(49)61(54)39-27-24-37(25-28-39)38-26-31-46-47-16-11-23-59-60(47)64(57(46)34-38)56-21-9-10-22-58(56)65-59/h1-36H. The van der Waals surface area contributed by atoms with E-state index in [2.05, 4.69) is 231 Å². The van der Waals surface area contributed by atoms with Gasteiger partial charge in [0.05, 0.1) is 49.8 Å². The number of hydrogen-bond acceptors (Lipinski definition) is 1. The maximum Gasteiger partial charge on any atom is 0.152 e. The van der Waals surface area contributed by atoms with Crippen molar-refractivity contribution in [3.05, 3.63) is 218 Å². The third-order valence-corrected chi connectivity index (χ3v) is 13.9. The second kappa shape index (κ2) is 12.9. The number of para-hydroxylation sites is 7. The van der Waals surface area contributed by atoms with Gasteiger partial charge in [-0.15, -0.1) is 0 Å². The fourth-order valence-electron chi connectivity index (χ4n) is 11.2. The Kier molecular flexibility index (Phi) is 6.89. The van der Waals surface area contributed by atoms with Crippen LogP contribution in [0.5, 0.6) is 11.5 Å². The van der Waals surface area contributed by atoms with E-state index >= 15 is 0 Å². The maximum absolute atomic E-state index is 6.40. The van der Waals surface area contributed by atoms with Crippen LogP contribution in [-0.4, -0.2) is 18.3 Å². The van der Waals surface area contributed by atoms with Crippen molar-refractivity contribution >= 4 is 87.2 Å². The summed E-state index contributed by atoms with van der Waals surface area (Å²) in [5, 5.41) is 9.84. The third-order valence-electron chi connectivity index (χ3n) is 13.9. The average Bonchev–Trinajstić information content (AvgIpc) is 4.09. The van der Waals surface area contributed by atoms with Crippen LogP contribution in [-0.2, 0) is 0 Å². The van der Waals surface area contributed by atoms with E-state index in [1.165, 1.54) is 76.2 Å². The fraction of sp³-hybridized carbons (Fsp3) is 0. The monoisotopic (exact) mass is 828 g/mol. The smallest absolute Gasteiger partial charge is 0.152 e. The normalized spacial score (nSPS) is 12.4. The predicted octanol–water partition coefficient (Wildman–Crippen LogP) is 15.8. The van der Waals surface area contributed by atoms with Crippen molar-refractivity contribution < 1.29 is 4.74 Å². The van der Waals surface area contributed by atoms with Gasteiger partial charge in [-0.2, -0.15) is 0 Å². The fourth-order valence-corrected chi connectivity index (χ4v) is 11.2. The number of rotatable bonds is 4. The summed E-state index contributed by atoms with van der Waals surface area (Å²) in [7, 11) is 0. The maximum atomic E-state index is 6.40. The van der Waals surface area contributed by atoms with Crippen LogP contribution >= 0.6 is 0 Å². The topological polar surface area (TPSA) is 28.9 Å². The van der Waals surface area contributed by atoms with Crippen molar-refractivity contribution in [2.45, 2.75) is 0 Å². The molecular weight excluding hydrogens is 793 g/mol. The number of fused-ring (bicyclic) bond motifs is 14. The molecule has 302 valence electrons. The highest BCUT2D eigenvalue weighted by atomic mass is 16.5. The van der Waals surface area contributed by atoms with Crippen LogP contribution in [0.25, 0.3) is 121 Å². The molecule has 65 heavy (non-hydrogen) atoms. The summed E-state index contributed by atoms with van der Waals surface area (Å²) in [5.74, 6) is 1.76. The lowest BCUT2D eigenvalue weighted by Crippen LogP contribution is -2.03. The van der Waals surface area contributed by atoms with Gasteiger partial charge in [-0.1, -0.05) is 121 Å². The summed E-state index contributed by atoms with van der Waals surface area (Å²) in [6.07, 6.45) is 0. The zero-order valence-corrected chi connectivity index (χ0v) is 35.0. The van der Waals surface area contributed by atoms with Gasteiger partial charge in [-0.05, 0) is 108 Å². The van der Waals surface area contributed by atoms with Crippen molar-refractivity contribution in [1.82, 2.24) is 18.3 Å². The molecule has 5 heterocycles. The van der Waals surface area contributed by atoms with Gasteiger partial charge < -0.3 is 23.0 Å². The molecule has 15 rings (SSSR count). The van der Waals surface area contributed by atoms with E-state index < -0.39 is 0 Å². The zero-order chi connectivity index (χ0) is 42.3. The molecule has 1 aliphatic heterocycles. The Hall–Kier alpha value is -8.80. The minimum atomic E-state index is 0.871. The quantitative estimate of drug-likeness (QED) is 0.174. The van der Waals surface area contributed by atoms with Gasteiger partial charge in [0.1, 0.15) is 0 Å². The van der Waals surface area contributed by atoms with Gasteiger partial charge in [-0.25, -0.2) is 0 Å². The first-order valence-electron chi connectivity index (χ1n) is 22.3. The molecule has 0 aliphatic carbocycles. The first kappa shape index (κ1) is 34.7. The molecular formula is C60H36N4O. The van der Waals surface area contributed by atoms with Crippen LogP contribution in [0.4, 0.5) is 0 Å². The first-order valence-corrected chi connectivity index (χ1v) is 22.3. The Morgan fingerprint density at radius 1 is 0.246 bits per heavy atom. The highest BCUT2D eigenvalue weighted by Gasteiger charge is 2.24. The molecule has 10 aromatic carbocycles. The van der Waals surface area contributed by atoms with Crippen LogP contribution in [0.3, 0.4) is 0 Å². The van der Waals surface area contributed by atoms with E-state index in [0.29, 0.717) is 0 Å². The Bertz CT molecular complexity index is 4050. The molecule has 5 heteroatoms. The minimum Gasteiger partial charge on any atom is -0.453 e. The van der Waals surface area contributed by atoms with Gasteiger partial charge in [0.15, 0.2) is 11.5 Å². The summed E-state index contributed by atoms with van der Waals surface area (Å²) in [5.41, 5.74) is 16.2. The summed E-state index contributed by atoms with van der Waals surface area (Å²) in [6.45, 7) is 0. The molecule has 0 saturated carbocycles. The zero-order valence-electron chi connectivity index (χ0n) is 35.0. The average molecular weight is 829 g/mol. The summed E-state index contributed by atoms with van der Waals surface area (Å²) in [4.78, 5) is 0. The van der Waals surface area contributed by atoms with Crippen LogP contribution in [0.1, 0.15) is 0 Å². The number of aromatic nitrogens is 4. The minimum absolute atomic E-state index is 0.871. The SMILES string of the molecule is c1ccc2c(c1)Oc1cccc3c4ccc(-c5ccc(-n6c7ccc(-n8c9ccccc9c9ccccc98)cc7c7cc(-n8c9ccccc9c9ccccc98)ccc76)cc5)cc4n-2c13. The van der Waals surface area contributed by atoms with Crippen LogP contribution < -0.4 is 4.74 Å². The largest absolute Gasteiger partial charge is 0.453 e. The van der Waals surface area contributed by atoms with Crippen molar-refractivity contribution in [3.8, 4) is 45.4 Å². The Balaban J connectivity index is 0.931. The summed E-state index contributed by atoms with van der Waals surface area (Å²) < 4.78 is 16.0. The lowest BCUT2D eigenvalue weighted by atomic mass is 10.0. The van der Waals surface area contributed by atoms with Crippen molar-refractivity contribution in [2.24, 2.45) is 0 Å². The molecule has 0 amide bonds. The van der Waals surface area contributed by atoms with Gasteiger partial charge in [0.2, 0.25) is 0 Å². The molecule has 0 spiro atoms. The lowest BCUT2D eigenvalue weighted by Gasteiger charge is -2.20. The molecule has 1 aliphatic rings. The molecule has 0 fully saturated rings. The highest BCUT2D eigenvalue weighted by Crippen LogP contribution is 2.46. The van der Waals surface area contributed by atoms with E-state index in [1.807, 2.05) is 6.07 Å². The third kappa shape index (κ3) is 4.76. The Labute approximate surface area is 372 Å². The van der Waals surface area contributed by atoms with Crippen molar-refractivity contribution in [1.29, 1.82) is 0 Å². The second-order valence-corrected chi connectivity index (χ2v) is 17.3. The van der Waals surface area contributed by atoms with Gasteiger partial charge in [0, 0.05) is 60.2 Å². The Morgan fingerprint density at radius 2 is 0.677 bits per heavy atom. The number of benzene rings is 10. The van der Waals surface area contributed by atoms with E-state index in [9.17, 15) is 0 Å². The first-order chi connectivity index (χ1) is 32.2. The van der Waals surface area contributed by atoms with E-state index in [1.54, 1.807) is 0 Å². The van der Waals surface area contributed by atoms with Crippen LogP contribution in [0.2, 0.25) is 0 Å². The molecule has 4 aromatic heterocycles. The molecule has 0 radical (unpaired) electrons. The number of ether oxygens (including phenoxy) is 1. The number of nitrogens with zero attached hydrogens (tertiary/aromatic N) is 4. The molecule has 14 aromatic rings. The molecule has 0 N–H and O–H groups in total. The highest BCUT2D eigenvalue weighted by molar-refractivity contribution is 6.15. The van der Waals surface area contributed by atoms with Gasteiger partial charge >= 0.3 is 0 Å². The molecule has 0 atom stereocenters. The summed E-state index contributed by atoms with van der Waals surface area (Å²) in [6, 6.07) is 79.7. The number of hydrogen-bond donors (Lipinski definition) is 0.